The SMILES string of the molecule is COc1ccc(OC)c(-c2cnn3c(C4CCN(C(=O)OC(C)(C)C)CC4)cc(=O)[nH]c23)c1. The van der Waals surface area contributed by atoms with Crippen molar-refractivity contribution in [2.24, 2.45) is 0 Å². The summed E-state index contributed by atoms with van der Waals surface area (Å²) in [5, 5.41) is 4.59. The molecular weight excluding hydrogens is 424 g/mol. The Labute approximate surface area is 192 Å². The van der Waals surface area contributed by atoms with Crippen LogP contribution in [0.15, 0.2) is 35.3 Å². The minimum absolute atomic E-state index is 0.0911. The highest BCUT2D eigenvalue weighted by molar-refractivity contribution is 5.82. The first-order valence-electron chi connectivity index (χ1n) is 11.0. The van der Waals surface area contributed by atoms with Crippen molar-refractivity contribution >= 4 is 11.7 Å². The zero-order chi connectivity index (χ0) is 23.8. The van der Waals surface area contributed by atoms with Crippen LogP contribution in [0.5, 0.6) is 11.5 Å². The largest absolute Gasteiger partial charge is 0.497 e. The number of nitrogens with one attached hydrogen (secondary N) is 1. The molecule has 1 N–H and O–H groups in total. The Morgan fingerprint density at radius 1 is 1.09 bits per heavy atom. The summed E-state index contributed by atoms with van der Waals surface area (Å²) >= 11 is 0. The first-order valence-corrected chi connectivity index (χ1v) is 11.0. The van der Waals surface area contributed by atoms with E-state index in [9.17, 15) is 9.59 Å². The van der Waals surface area contributed by atoms with Crippen LogP contribution < -0.4 is 15.0 Å². The molecule has 1 amide bonds. The Morgan fingerprint density at radius 3 is 2.45 bits per heavy atom. The topological polar surface area (TPSA) is 98.2 Å². The fraction of sp³-hybridized carbons (Fsp3) is 0.458. The predicted octanol–water partition coefficient (Wildman–Crippen LogP) is 3.82. The molecule has 0 unspecified atom stereocenters. The van der Waals surface area contributed by atoms with Crippen molar-refractivity contribution in [3.63, 3.8) is 0 Å². The fourth-order valence-corrected chi connectivity index (χ4v) is 4.21. The highest BCUT2D eigenvalue weighted by Crippen LogP contribution is 2.36. The highest BCUT2D eigenvalue weighted by atomic mass is 16.6. The Morgan fingerprint density at radius 2 is 1.82 bits per heavy atom. The summed E-state index contributed by atoms with van der Waals surface area (Å²) in [7, 11) is 3.20. The Bertz CT molecular complexity index is 1220. The molecule has 33 heavy (non-hydrogen) atoms. The predicted molar refractivity (Wildman–Crippen MR) is 124 cm³/mol. The lowest BCUT2D eigenvalue weighted by atomic mass is 9.93. The maximum absolute atomic E-state index is 12.6. The summed E-state index contributed by atoms with van der Waals surface area (Å²) in [5.41, 5.74) is 2.22. The third-order valence-electron chi connectivity index (χ3n) is 5.80. The van der Waals surface area contributed by atoms with Gasteiger partial charge in [-0.2, -0.15) is 5.10 Å². The van der Waals surface area contributed by atoms with E-state index in [-0.39, 0.29) is 17.6 Å². The van der Waals surface area contributed by atoms with E-state index in [1.54, 1.807) is 35.9 Å². The minimum atomic E-state index is -0.528. The standard InChI is InChI=1S/C24H30N4O5/c1-24(2,3)33-23(30)27-10-8-15(9-11-27)19-13-21(29)26-22-18(14-25-28(19)22)17-12-16(31-4)6-7-20(17)32-5/h6-7,12-15H,8-11H2,1-5H3,(H,26,29). The van der Waals surface area contributed by atoms with Crippen LogP contribution >= 0.6 is 0 Å². The third-order valence-corrected chi connectivity index (χ3v) is 5.80. The number of H-pyrrole nitrogens is 1. The molecule has 4 rings (SSSR count). The monoisotopic (exact) mass is 454 g/mol. The molecule has 0 saturated carbocycles. The lowest BCUT2D eigenvalue weighted by molar-refractivity contribution is 0.0203. The first kappa shape index (κ1) is 22.7. The van der Waals surface area contributed by atoms with Crippen LogP contribution in [0.25, 0.3) is 16.8 Å². The second-order valence-corrected chi connectivity index (χ2v) is 9.18. The van der Waals surface area contributed by atoms with Crippen LogP contribution in [0.3, 0.4) is 0 Å². The fourth-order valence-electron chi connectivity index (χ4n) is 4.21. The smallest absolute Gasteiger partial charge is 0.410 e. The molecule has 1 saturated heterocycles. The molecule has 2 aromatic heterocycles. The summed E-state index contributed by atoms with van der Waals surface area (Å²) < 4.78 is 18.2. The number of rotatable bonds is 4. The number of carbonyl (C=O) groups excluding carboxylic acids is 1. The molecule has 1 aromatic carbocycles. The maximum atomic E-state index is 12.6. The zero-order valence-corrected chi connectivity index (χ0v) is 19.7. The number of fused-ring (bicyclic) bond motifs is 1. The molecule has 3 aromatic rings. The molecule has 0 radical (unpaired) electrons. The van der Waals surface area contributed by atoms with Crippen LogP contribution in [0.1, 0.15) is 45.2 Å². The van der Waals surface area contributed by atoms with Crippen molar-refractivity contribution in [1.82, 2.24) is 19.5 Å². The number of amides is 1. The summed E-state index contributed by atoms with van der Waals surface area (Å²) in [6.07, 6.45) is 2.86. The summed E-state index contributed by atoms with van der Waals surface area (Å²) in [6, 6.07) is 7.10. The van der Waals surface area contributed by atoms with Crippen LogP contribution in [0, 0.1) is 0 Å². The lowest BCUT2D eigenvalue weighted by Gasteiger charge is -2.33. The van der Waals surface area contributed by atoms with Gasteiger partial charge in [0.15, 0.2) is 0 Å². The molecule has 3 heterocycles. The molecule has 176 valence electrons. The number of methoxy groups -OCH3 is 2. The van der Waals surface area contributed by atoms with Gasteiger partial charge in [-0.15, -0.1) is 0 Å². The third kappa shape index (κ3) is 4.67. The molecule has 0 spiro atoms. The number of piperidine rings is 1. The number of hydrogen-bond acceptors (Lipinski definition) is 6. The van der Waals surface area contributed by atoms with Gasteiger partial charge in [0, 0.05) is 36.2 Å². The van der Waals surface area contributed by atoms with Crippen molar-refractivity contribution in [2.45, 2.75) is 45.1 Å². The summed E-state index contributed by atoms with van der Waals surface area (Å²) in [6.45, 7) is 6.70. The van der Waals surface area contributed by atoms with Crippen molar-refractivity contribution in [3.05, 3.63) is 46.5 Å². The Balaban J connectivity index is 1.65. The van der Waals surface area contributed by atoms with Gasteiger partial charge in [0.2, 0.25) is 0 Å². The number of nitrogens with zero attached hydrogens (tertiary/aromatic N) is 3. The van der Waals surface area contributed by atoms with Gasteiger partial charge in [0.1, 0.15) is 22.7 Å². The first-order chi connectivity index (χ1) is 15.7. The summed E-state index contributed by atoms with van der Waals surface area (Å²) in [5.74, 6) is 1.43. The number of likely N-dealkylation sites (tertiary alicyclic amines) is 1. The van der Waals surface area contributed by atoms with E-state index in [0.29, 0.717) is 30.2 Å². The van der Waals surface area contributed by atoms with Crippen molar-refractivity contribution in [2.75, 3.05) is 27.3 Å². The Kier molecular flexibility index (Phi) is 6.05. The van der Waals surface area contributed by atoms with Gasteiger partial charge in [0.05, 0.1) is 26.1 Å². The van der Waals surface area contributed by atoms with Gasteiger partial charge < -0.3 is 24.1 Å². The molecule has 1 fully saturated rings. The Hall–Kier alpha value is -3.49. The van der Waals surface area contributed by atoms with Gasteiger partial charge in [-0.05, 0) is 51.8 Å². The molecule has 1 aliphatic rings. The number of ether oxygens (including phenoxy) is 3. The van der Waals surface area contributed by atoms with Gasteiger partial charge in [0.25, 0.3) is 5.56 Å². The second-order valence-electron chi connectivity index (χ2n) is 9.18. The summed E-state index contributed by atoms with van der Waals surface area (Å²) in [4.78, 5) is 29.6. The second kappa shape index (κ2) is 8.80. The van der Waals surface area contributed by atoms with E-state index >= 15 is 0 Å². The lowest BCUT2D eigenvalue weighted by Crippen LogP contribution is -2.41. The minimum Gasteiger partial charge on any atom is -0.497 e. The van der Waals surface area contributed by atoms with Gasteiger partial charge >= 0.3 is 6.09 Å². The van der Waals surface area contributed by atoms with Crippen molar-refractivity contribution < 1.29 is 19.0 Å². The van der Waals surface area contributed by atoms with Crippen molar-refractivity contribution in [1.29, 1.82) is 0 Å². The van der Waals surface area contributed by atoms with Gasteiger partial charge in [-0.1, -0.05) is 0 Å². The molecule has 0 aliphatic carbocycles. The molecule has 9 heteroatoms. The van der Waals surface area contributed by atoms with Crippen LogP contribution in [-0.4, -0.2) is 58.5 Å². The van der Waals surface area contributed by atoms with Crippen LogP contribution in [0.2, 0.25) is 0 Å². The molecule has 0 atom stereocenters. The molecule has 1 aliphatic heterocycles. The number of aromatic amines is 1. The number of carbonyl (C=O) groups is 1. The molecule has 9 nitrogen and oxygen atoms in total. The van der Waals surface area contributed by atoms with Gasteiger partial charge in [-0.3, -0.25) is 4.79 Å². The normalized spacial score (nSPS) is 15.0. The number of benzene rings is 1. The number of aromatic nitrogens is 3. The van der Waals surface area contributed by atoms with E-state index in [4.69, 9.17) is 14.2 Å². The average Bonchev–Trinajstić information content (AvgIpc) is 3.20. The van der Waals surface area contributed by atoms with Crippen LogP contribution in [-0.2, 0) is 4.74 Å². The quantitative estimate of drug-likeness (QED) is 0.644. The maximum Gasteiger partial charge on any atom is 0.410 e. The highest BCUT2D eigenvalue weighted by Gasteiger charge is 2.29. The van der Waals surface area contributed by atoms with E-state index in [0.717, 1.165) is 29.7 Å². The average molecular weight is 455 g/mol. The van der Waals surface area contributed by atoms with Crippen molar-refractivity contribution in [3.8, 4) is 22.6 Å². The van der Waals surface area contributed by atoms with E-state index in [1.807, 2.05) is 39.0 Å². The van der Waals surface area contributed by atoms with Crippen LogP contribution in [0.4, 0.5) is 4.79 Å². The van der Waals surface area contributed by atoms with E-state index in [1.165, 1.54) is 0 Å². The number of hydrogen-bond donors (Lipinski definition) is 1. The zero-order valence-electron chi connectivity index (χ0n) is 19.7. The van der Waals surface area contributed by atoms with E-state index in [2.05, 4.69) is 10.1 Å². The molecule has 0 bridgehead atoms. The molecular formula is C24H30N4O5. The van der Waals surface area contributed by atoms with Gasteiger partial charge in [-0.25, -0.2) is 9.31 Å². The van der Waals surface area contributed by atoms with E-state index < -0.39 is 5.60 Å².